The minimum absolute atomic E-state index is 0.115. The van der Waals surface area contributed by atoms with E-state index in [2.05, 4.69) is 44.6 Å². The normalized spacial score (nSPS) is 25.8. The molecule has 0 radical (unpaired) electrons. The summed E-state index contributed by atoms with van der Waals surface area (Å²) < 4.78 is 20.0. The predicted molar refractivity (Wildman–Crippen MR) is 127 cm³/mol. The summed E-state index contributed by atoms with van der Waals surface area (Å²) in [5, 5.41) is 26.2. The first-order valence-electron chi connectivity index (χ1n) is 11.5. The SMILES string of the molecule is COc1cc(-c2cc(O)c(-c3ccc(NCC4CC5(C)CCC(C)(C4)N5)nn3)cc2F)ncn1. The van der Waals surface area contributed by atoms with Gasteiger partial charge in [0.1, 0.15) is 23.7 Å². The van der Waals surface area contributed by atoms with Crippen LogP contribution in [0, 0.1) is 11.7 Å². The number of rotatable bonds is 6. The van der Waals surface area contributed by atoms with Crippen LogP contribution in [0.2, 0.25) is 0 Å². The Morgan fingerprint density at radius 2 is 1.82 bits per heavy atom. The van der Waals surface area contributed by atoms with Crippen LogP contribution in [-0.2, 0) is 0 Å². The second-order valence-electron chi connectivity index (χ2n) is 10.0. The van der Waals surface area contributed by atoms with E-state index >= 15 is 0 Å². The molecule has 5 rings (SSSR count). The molecule has 9 heteroatoms. The Labute approximate surface area is 198 Å². The average molecular weight is 465 g/mol. The number of anilines is 1. The van der Waals surface area contributed by atoms with Gasteiger partial charge in [0.05, 0.1) is 18.5 Å². The molecular weight excluding hydrogens is 435 g/mol. The third-order valence-electron chi connectivity index (χ3n) is 7.04. The first-order valence-corrected chi connectivity index (χ1v) is 11.5. The number of ether oxygens (including phenoxy) is 1. The number of phenols is 1. The maximum Gasteiger partial charge on any atom is 0.216 e. The van der Waals surface area contributed by atoms with Crippen LogP contribution in [0.5, 0.6) is 11.6 Å². The van der Waals surface area contributed by atoms with Crippen LogP contribution in [0.4, 0.5) is 10.2 Å². The van der Waals surface area contributed by atoms with Gasteiger partial charge in [-0.2, -0.15) is 0 Å². The van der Waals surface area contributed by atoms with Crippen LogP contribution in [0.25, 0.3) is 22.5 Å². The highest BCUT2D eigenvalue weighted by molar-refractivity contribution is 5.73. The molecular formula is C25H29FN6O2. The first kappa shape index (κ1) is 22.5. The van der Waals surface area contributed by atoms with Crippen LogP contribution in [0.15, 0.2) is 36.7 Å². The zero-order chi connectivity index (χ0) is 23.9. The smallest absolute Gasteiger partial charge is 0.216 e. The van der Waals surface area contributed by atoms with Crippen molar-refractivity contribution in [1.29, 1.82) is 0 Å². The van der Waals surface area contributed by atoms with Crippen molar-refractivity contribution < 1.29 is 14.2 Å². The minimum Gasteiger partial charge on any atom is -0.507 e. The van der Waals surface area contributed by atoms with Gasteiger partial charge in [-0.15, -0.1) is 10.2 Å². The van der Waals surface area contributed by atoms with Gasteiger partial charge in [-0.3, -0.25) is 0 Å². The Hall–Kier alpha value is -3.33. The Kier molecular flexibility index (Phi) is 5.59. The zero-order valence-electron chi connectivity index (χ0n) is 19.6. The monoisotopic (exact) mass is 464 g/mol. The van der Waals surface area contributed by atoms with Crippen molar-refractivity contribution in [3.05, 3.63) is 42.5 Å². The summed E-state index contributed by atoms with van der Waals surface area (Å²) >= 11 is 0. The Morgan fingerprint density at radius 3 is 2.50 bits per heavy atom. The number of benzene rings is 1. The molecule has 2 atom stereocenters. The number of hydrogen-bond donors (Lipinski definition) is 3. The van der Waals surface area contributed by atoms with Gasteiger partial charge in [0.2, 0.25) is 5.88 Å². The van der Waals surface area contributed by atoms with Gasteiger partial charge in [0.25, 0.3) is 0 Å². The Morgan fingerprint density at radius 1 is 1.06 bits per heavy atom. The molecule has 2 bridgehead atoms. The maximum absolute atomic E-state index is 14.9. The average Bonchev–Trinajstić information content (AvgIpc) is 3.06. The first-order chi connectivity index (χ1) is 16.3. The number of nitrogens with one attached hydrogen (secondary N) is 2. The molecule has 4 heterocycles. The van der Waals surface area contributed by atoms with E-state index < -0.39 is 5.82 Å². The number of methoxy groups -OCH3 is 1. The van der Waals surface area contributed by atoms with Crippen LogP contribution in [0.3, 0.4) is 0 Å². The molecule has 2 aliphatic rings. The molecule has 2 saturated heterocycles. The van der Waals surface area contributed by atoms with Crippen LogP contribution < -0.4 is 15.4 Å². The number of halogens is 1. The lowest BCUT2D eigenvalue weighted by atomic mass is 9.80. The van der Waals surface area contributed by atoms with Gasteiger partial charge in [0, 0.05) is 34.8 Å². The molecule has 0 amide bonds. The second-order valence-corrected chi connectivity index (χ2v) is 10.0. The summed E-state index contributed by atoms with van der Waals surface area (Å²) in [5.74, 6) is 0.874. The van der Waals surface area contributed by atoms with E-state index in [1.165, 1.54) is 44.5 Å². The summed E-state index contributed by atoms with van der Waals surface area (Å²) in [4.78, 5) is 8.00. The third kappa shape index (κ3) is 4.40. The van der Waals surface area contributed by atoms with Crippen molar-refractivity contribution in [1.82, 2.24) is 25.5 Å². The summed E-state index contributed by atoms with van der Waals surface area (Å²) in [5.41, 5.74) is 1.54. The molecule has 34 heavy (non-hydrogen) atoms. The van der Waals surface area contributed by atoms with E-state index in [4.69, 9.17) is 4.74 Å². The number of nitrogens with zero attached hydrogens (tertiary/aromatic N) is 4. The lowest BCUT2D eigenvalue weighted by molar-refractivity contribution is 0.178. The maximum atomic E-state index is 14.9. The summed E-state index contributed by atoms with van der Waals surface area (Å²) in [7, 11) is 1.47. The standard InChI is InChI=1S/C25H29FN6O2/c1-24-6-7-25(2,32-24)12-15(11-24)13-27-22-5-4-19(30-31-22)17-8-18(26)16(9-21(17)33)20-10-23(34-3)29-14-28-20/h4-5,8-10,14-15,32-33H,6-7,11-13H2,1-3H3,(H,27,31). The number of aromatic hydroxyl groups is 1. The Balaban J connectivity index is 1.29. The highest BCUT2D eigenvalue weighted by Crippen LogP contribution is 2.44. The molecule has 2 fully saturated rings. The Bertz CT molecular complexity index is 1190. The summed E-state index contributed by atoms with van der Waals surface area (Å²) in [6.07, 6.45) is 6.00. The lowest BCUT2D eigenvalue weighted by Crippen LogP contribution is -2.54. The van der Waals surface area contributed by atoms with Crippen molar-refractivity contribution >= 4 is 5.82 Å². The molecule has 0 aliphatic carbocycles. The molecule has 2 aliphatic heterocycles. The van der Waals surface area contributed by atoms with Crippen molar-refractivity contribution in [2.75, 3.05) is 19.0 Å². The minimum atomic E-state index is -0.542. The van der Waals surface area contributed by atoms with E-state index in [0.29, 0.717) is 29.0 Å². The molecule has 1 aromatic carbocycles. The number of fused-ring (bicyclic) bond motifs is 2. The largest absolute Gasteiger partial charge is 0.507 e. The van der Waals surface area contributed by atoms with E-state index in [1.807, 2.05) is 6.07 Å². The molecule has 2 aromatic heterocycles. The topological polar surface area (TPSA) is 105 Å². The fourth-order valence-electron chi connectivity index (χ4n) is 5.58. The molecule has 8 nitrogen and oxygen atoms in total. The molecule has 2 unspecified atom stereocenters. The number of aromatic nitrogens is 4. The van der Waals surface area contributed by atoms with Crippen molar-refractivity contribution in [2.24, 2.45) is 5.92 Å². The number of piperidine rings is 1. The second kappa shape index (κ2) is 8.47. The van der Waals surface area contributed by atoms with Crippen molar-refractivity contribution in [2.45, 2.75) is 50.6 Å². The fourth-order valence-corrected chi connectivity index (χ4v) is 5.58. The third-order valence-corrected chi connectivity index (χ3v) is 7.04. The number of phenolic OH excluding ortho intramolecular Hbond substituents is 1. The zero-order valence-corrected chi connectivity index (χ0v) is 19.6. The van der Waals surface area contributed by atoms with Crippen molar-refractivity contribution in [3.63, 3.8) is 0 Å². The number of hydrogen-bond acceptors (Lipinski definition) is 8. The summed E-state index contributed by atoms with van der Waals surface area (Å²) in [6, 6.07) is 7.61. The molecule has 178 valence electrons. The van der Waals surface area contributed by atoms with Gasteiger partial charge in [-0.1, -0.05) is 0 Å². The molecule has 3 N–H and O–H groups in total. The van der Waals surface area contributed by atoms with Gasteiger partial charge in [-0.05, 0) is 69.7 Å². The summed E-state index contributed by atoms with van der Waals surface area (Å²) in [6.45, 7) is 5.46. The van der Waals surface area contributed by atoms with Gasteiger partial charge in [0.15, 0.2) is 0 Å². The molecule has 0 spiro atoms. The van der Waals surface area contributed by atoms with E-state index in [-0.39, 0.29) is 28.0 Å². The quantitative estimate of drug-likeness (QED) is 0.499. The van der Waals surface area contributed by atoms with Crippen LogP contribution in [-0.4, -0.2) is 50.0 Å². The van der Waals surface area contributed by atoms with Gasteiger partial charge in [-0.25, -0.2) is 14.4 Å². The van der Waals surface area contributed by atoms with Crippen molar-refractivity contribution in [3.8, 4) is 34.1 Å². The van der Waals surface area contributed by atoms with E-state index in [1.54, 1.807) is 6.07 Å². The predicted octanol–water partition coefficient (Wildman–Crippen LogP) is 4.18. The van der Waals surface area contributed by atoms with Crippen LogP contribution in [0.1, 0.15) is 39.5 Å². The molecule has 0 saturated carbocycles. The van der Waals surface area contributed by atoms with E-state index in [9.17, 15) is 9.50 Å². The highest BCUT2D eigenvalue weighted by Gasteiger charge is 2.48. The van der Waals surface area contributed by atoms with Gasteiger partial charge < -0.3 is 20.5 Å². The molecule has 3 aromatic rings. The fraction of sp³-hybridized carbons (Fsp3) is 0.440. The van der Waals surface area contributed by atoms with Crippen LogP contribution >= 0.6 is 0 Å². The lowest BCUT2D eigenvalue weighted by Gasteiger charge is -2.42. The van der Waals surface area contributed by atoms with Gasteiger partial charge >= 0.3 is 0 Å². The van der Waals surface area contributed by atoms with E-state index in [0.717, 1.165) is 19.4 Å². The highest BCUT2D eigenvalue weighted by atomic mass is 19.1.